The lowest BCUT2D eigenvalue weighted by atomic mass is 9.85. The van der Waals surface area contributed by atoms with Crippen molar-refractivity contribution in [1.82, 2.24) is 15.5 Å². The molecular weight excluding hydrogens is 178 g/mol. The van der Waals surface area contributed by atoms with Gasteiger partial charge < -0.3 is 10.2 Å². The highest BCUT2D eigenvalue weighted by Gasteiger charge is 2.39. The number of nitrogens with one attached hydrogen (secondary N) is 2. The SMILES string of the molecule is C[C@@H]1NC2(CCN(C)CC2)CNC1=O. The summed E-state index contributed by atoms with van der Waals surface area (Å²) in [5.41, 5.74) is 0.167. The van der Waals surface area contributed by atoms with Crippen LogP contribution in [0.15, 0.2) is 0 Å². The first-order valence-electron chi connectivity index (χ1n) is 5.35. The zero-order chi connectivity index (χ0) is 10.2. The summed E-state index contributed by atoms with van der Waals surface area (Å²) in [7, 11) is 2.15. The first-order chi connectivity index (χ1) is 6.61. The number of carbonyl (C=O) groups is 1. The van der Waals surface area contributed by atoms with Crippen LogP contribution in [-0.2, 0) is 4.79 Å². The highest BCUT2D eigenvalue weighted by atomic mass is 16.2. The van der Waals surface area contributed by atoms with Gasteiger partial charge in [-0.25, -0.2) is 0 Å². The first-order valence-corrected chi connectivity index (χ1v) is 5.35. The highest BCUT2D eigenvalue weighted by Crippen LogP contribution is 2.23. The Labute approximate surface area is 85.0 Å². The average molecular weight is 197 g/mol. The van der Waals surface area contributed by atoms with E-state index >= 15 is 0 Å². The first kappa shape index (κ1) is 9.93. The van der Waals surface area contributed by atoms with E-state index in [0.717, 1.165) is 32.5 Å². The lowest BCUT2D eigenvalue weighted by Gasteiger charge is -2.45. The topological polar surface area (TPSA) is 44.4 Å². The molecule has 1 amide bonds. The molecule has 0 saturated carbocycles. The number of likely N-dealkylation sites (tertiary alicyclic amines) is 1. The number of nitrogens with zero attached hydrogens (tertiary/aromatic N) is 1. The van der Waals surface area contributed by atoms with E-state index in [1.807, 2.05) is 6.92 Å². The summed E-state index contributed by atoms with van der Waals surface area (Å²) in [6.07, 6.45) is 2.27. The van der Waals surface area contributed by atoms with Crippen LogP contribution in [-0.4, -0.2) is 49.1 Å². The molecule has 0 unspecified atom stereocenters. The number of piperazine rings is 1. The molecule has 4 heteroatoms. The second-order valence-electron chi connectivity index (χ2n) is 4.67. The molecule has 2 heterocycles. The van der Waals surface area contributed by atoms with Crippen LogP contribution in [0.3, 0.4) is 0 Å². The molecule has 4 nitrogen and oxygen atoms in total. The van der Waals surface area contributed by atoms with Crippen molar-refractivity contribution in [3.63, 3.8) is 0 Å². The molecule has 0 aromatic carbocycles. The second kappa shape index (κ2) is 3.51. The molecule has 1 spiro atoms. The zero-order valence-corrected chi connectivity index (χ0v) is 8.97. The van der Waals surface area contributed by atoms with Crippen molar-refractivity contribution >= 4 is 5.91 Å². The fourth-order valence-corrected chi connectivity index (χ4v) is 2.35. The van der Waals surface area contributed by atoms with Gasteiger partial charge in [0, 0.05) is 12.1 Å². The lowest BCUT2D eigenvalue weighted by molar-refractivity contribution is -0.126. The normalized spacial score (nSPS) is 33.0. The van der Waals surface area contributed by atoms with Crippen molar-refractivity contribution in [1.29, 1.82) is 0 Å². The van der Waals surface area contributed by atoms with Crippen LogP contribution in [0, 0.1) is 0 Å². The maximum Gasteiger partial charge on any atom is 0.236 e. The van der Waals surface area contributed by atoms with Gasteiger partial charge in [0.1, 0.15) is 0 Å². The van der Waals surface area contributed by atoms with Crippen molar-refractivity contribution in [2.75, 3.05) is 26.7 Å². The minimum atomic E-state index is -0.0350. The molecule has 80 valence electrons. The van der Waals surface area contributed by atoms with E-state index < -0.39 is 0 Å². The molecule has 0 aromatic heterocycles. The largest absolute Gasteiger partial charge is 0.353 e. The maximum absolute atomic E-state index is 11.3. The quantitative estimate of drug-likeness (QED) is 0.553. The van der Waals surface area contributed by atoms with Crippen LogP contribution in [0.4, 0.5) is 0 Å². The molecule has 2 aliphatic heterocycles. The number of piperidine rings is 1. The van der Waals surface area contributed by atoms with Gasteiger partial charge in [-0.15, -0.1) is 0 Å². The monoisotopic (exact) mass is 197 g/mol. The third-order valence-corrected chi connectivity index (χ3v) is 3.46. The highest BCUT2D eigenvalue weighted by molar-refractivity contribution is 5.82. The summed E-state index contributed by atoms with van der Waals surface area (Å²) in [6, 6.07) is -0.0350. The Kier molecular flexibility index (Phi) is 2.49. The molecule has 0 aromatic rings. The van der Waals surface area contributed by atoms with E-state index in [9.17, 15) is 4.79 Å². The molecule has 14 heavy (non-hydrogen) atoms. The zero-order valence-electron chi connectivity index (χ0n) is 8.97. The number of hydrogen-bond acceptors (Lipinski definition) is 3. The van der Waals surface area contributed by atoms with Crippen LogP contribution in [0.1, 0.15) is 19.8 Å². The molecule has 1 atom stereocenters. The van der Waals surface area contributed by atoms with E-state index in [0.29, 0.717) is 0 Å². The van der Waals surface area contributed by atoms with Crippen molar-refractivity contribution < 1.29 is 4.79 Å². The molecule has 0 radical (unpaired) electrons. The van der Waals surface area contributed by atoms with Crippen LogP contribution >= 0.6 is 0 Å². The lowest BCUT2D eigenvalue weighted by Crippen LogP contribution is -2.67. The number of rotatable bonds is 0. The molecule has 0 aliphatic carbocycles. The molecule has 2 aliphatic rings. The van der Waals surface area contributed by atoms with E-state index in [1.54, 1.807) is 0 Å². The van der Waals surface area contributed by atoms with Crippen LogP contribution < -0.4 is 10.6 Å². The molecule has 2 N–H and O–H groups in total. The van der Waals surface area contributed by atoms with Gasteiger partial charge in [-0.3, -0.25) is 10.1 Å². The average Bonchev–Trinajstić information content (AvgIpc) is 2.18. The van der Waals surface area contributed by atoms with Gasteiger partial charge in [0.25, 0.3) is 0 Å². The Hall–Kier alpha value is -0.610. The number of amides is 1. The maximum atomic E-state index is 11.3. The summed E-state index contributed by atoms with van der Waals surface area (Å²) < 4.78 is 0. The third kappa shape index (κ3) is 1.77. The predicted octanol–water partition coefficient (Wildman–Crippen LogP) is -0.441. The van der Waals surface area contributed by atoms with Gasteiger partial charge in [-0.2, -0.15) is 0 Å². The Morgan fingerprint density at radius 1 is 1.43 bits per heavy atom. The van der Waals surface area contributed by atoms with Crippen LogP contribution in [0.2, 0.25) is 0 Å². The molecule has 2 saturated heterocycles. The summed E-state index contributed by atoms with van der Waals surface area (Å²) >= 11 is 0. The van der Waals surface area contributed by atoms with Gasteiger partial charge in [0.05, 0.1) is 6.04 Å². The van der Waals surface area contributed by atoms with E-state index in [2.05, 4.69) is 22.6 Å². The fraction of sp³-hybridized carbons (Fsp3) is 0.900. The summed E-state index contributed by atoms with van der Waals surface area (Å²) in [5.74, 6) is 0.134. The van der Waals surface area contributed by atoms with Crippen molar-refractivity contribution in [3.8, 4) is 0 Å². The van der Waals surface area contributed by atoms with E-state index in [4.69, 9.17) is 0 Å². The van der Waals surface area contributed by atoms with Crippen molar-refractivity contribution in [2.45, 2.75) is 31.3 Å². The predicted molar refractivity (Wildman–Crippen MR) is 55.1 cm³/mol. The molecule has 2 fully saturated rings. The van der Waals surface area contributed by atoms with Gasteiger partial charge in [0.15, 0.2) is 0 Å². The van der Waals surface area contributed by atoms with Gasteiger partial charge in [-0.05, 0) is 39.9 Å². The fourth-order valence-electron chi connectivity index (χ4n) is 2.35. The van der Waals surface area contributed by atoms with Crippen molar-refractivity contribution in [3.05, 3.63) is 0 Å². The number of carbonyl (C=O) groups excluding carboxylic acids is 1. The van der Waals surface area contributed by atoms with Crippen LogP contribution in [0.25, 0.3) is 0 Å². The van der Waals surface area contributed by atoms with Gasteiger partial charge in [0.2, 0.25) is 5.91 Å². The van der Waals surface area contributed by atoms with Crippen molar-refractivity contribution in [2.24, 2.45) is 0 Å². The Morgan fingerprint density at radius 2 is 2.07 bits per heavy atom. The Bertz CT molecular complexity index is 234. The molecular formula is C10H19N3O. The molecule has 2 rings (SSSR count). The van der Waals surface area contributed by atoms with Gasteiger partial charge in [-0.1, -0.05) is 0 Å². The second-order valence-corrected chi connectivity index (χ2v) is 4.67. The standard InChI is InChI=1S/C10H19N3O/c1-8-9(14)11-7-10(12-8)3-5-13(2)6-4-10/h8,12H,3-7H2,1-2H3,(H,11,14)/t8-/m0/s1. The van der Waals surface area contributed by atoms with Crippen LogP contribution in [0.5, 0.6) is 0 Å². The number of hydrogen-bond donors (Lipinski definition) is 2. The Morgan fingerprint density at radius 3 is 2.64 bits per heavy atom. The summed E-state index contributed by atoms with van der Waals surface area (Å²) in [6.45, 7) is 4.98. The summed E-state index contributed by atoms with van der Waals surface area (Å²) in [4.78, 5) is 13.6. The van der Waals surface area contributed by atoms with E-state index in [1.165, 1.54) is 0 Å². The Balaban J connectivity index is 2.00. The molecule has 0 bridgehead atoms. The summed E-state index contributed by atoms with van der Waals surface area (Å²) in [5, 5.41) is 6.45. The smallest absolute Gasteiger partial charge is 0.236 e. The van der Waals surface area contributed by atoms with Gasteiger partial charge >= 0.3 is 0 Å². The minimum Gasteiger partial charge on any atom is -0.353 e. The minimum absolute atomic E-state index is 0.0350. The third-order valence-electron chi connectivity index (χ3n) is 3.46. The van der Waals surface area contributed by atoms with E-state index in [-0.39, 0.29) is 17.5 Å².